The number of esters is 1. The van der Waals surface area contributed by atoms with Gasteiger partial charge in [-0.1, -0.05) is 17.7 Å². The first-order chi connectivity index (χ1) is 12.5. The molecule has 0 saturated carbocycles. The number of thioether (sulfide) groups is 1. The molecule has 1 aromatic carbocycles. The van der Waals surface area contributed by atoms with Gasteiger partial charge in [-0.15, -0.1) is 11.8 Å². The highest BCUT2D eigenvalue weighted by atomic mass is 35.5. The third-order valence-electron chi connectivity index (χ3n) is 4.12. The minimum Gasteiger partial charge on any atom is -0.452 e. The number of carbonyl (C=O) groups is 2. The lowest BCUT2D eigenvalue weighted by atomic mass is 10.1. The second-order valence-corrected chi connectivity index (χ2v) is 7.44. The minimum atomic E-state index is -0.917. The summed E-state index contributed by atoms with van der Waals surface area (Å²) in [6, 6.07) is 9.59. The molecule has 2 aromatic rings. The van der Waals surface area contributed by atoms with Gasteiger partial charge in [0.15, 0.2) is 11.3 Å². The van der Waals surface area contributed by atoms with Crippen molar-refractivity contribution in [3.8, 4) is 0 Å². The SMILES string of the molecule is C[C@H](OC(=O)CSc1ccc2c(c1)CCC2)C(=O)Nc1cccnc1Cl. The van der Waals surface area contributed by atoms with E-state index >= 15 is 0 Å². The highest BCUT2D eigenvalue weighted by Crippen LogP contribution is 2.27. The molecule has 1 aliphatic rings. The fraction of sp³-hybridized carbons (Fsp3) is 0.316. The number of amides is 1. The molecule has 1 aromatic heterocycles. The van der Waals surface area contributed by atoms with E-state index in [4.69, 9.17) is 16.3 Å². The largest absolute Gasteiger partial charge is 0.452 e. The number of ether oxygens (including phenoxy) is 1. The summed E-state index contributed by atoms with van der Waals surface area (Å²) < 4.78 is 5.20. The summed E-state index contributed by atoms with van der Waals surface area (Å²) in [4.78, 5) is 29.1. The molecule has 1 aliphatic carbocycles. The molecular formula is C19H19ClN2O3S. The van der Waals surface area contributed by atoms with E-state index < -0.39 is 18.0 Å². The van der Waals surface area contributed by atoms with E-state index in [1.165, 1.54) is 42.4 Å². The van der Waals surface area contributed by atoms with Crippen LogP contribution in [0.25, 0.3) is 0 Å². The van der Waals surface area contributed by atoms with Gasteiger partial charge >= 0.3 is 5.97 Å². The minimum absolute atomic E-state index is 0.157. The molecule has 0 unspecified atom stereocenters. The van der Waals surface area contributed by atoms with E-state index in [0.717, 1.165) is 17.7 Å². The standard InChI is InChI=1S/C19H19ClN2O3S/c1-12(19(24)22-16-6-3-9-21-18(16)20)25-17(23)11-26-15-8-7-13-4-2-5-14(13)10-15/h3,6-10,12H,2,4-5,11H2,1H3,(H,22,24)/t12-/m0/s1. The summed E-state index contributed by atoms with van der Waals surface area (Å²) in [6.07, 6.45) is 4.04. The van der Waals surface area contributed by atoms with Crippen LogP contribution in [0.15, 0.2) is 41.4 Å². The fourth-order valence-electron chi connectivity index (χ4n) is 2.78. The van der Waals surface area contributed by atoms with Gasteiger partial charge < -0.3 is 10.1 Å². The molecule has 0 bridgehead atoms. The zero-order valence-corrected chi connectivity index (χ0v) is 15.9. The predicted molar refractivity (Wildman–Crippen MR) is 103 cm³/mol. The zero-order chi connectivity index (χ0) is 18.5. The Morgan fingerprint density at radius 2 is 2.12 bits per heavy atom. The number of halogens is 1. The summed E-state index contributed by atoms with van der Waals surface area (Å²) in [7, 11) is 0. The predicted octanol–water partition coefficient (Wildman–Crippen LogP) is 3.89. The number of fused-ring (bicyclic) bond motifs is 1. The zero-order valence-electron chi connectivity index (χ0n) is 14.3. The lowest BCUT2D eigenvalue weighted by molar-refractivity contribution is -0.150. The molecule has 0 radical (unpaired) electrons. The number of nitrogens with zero attached hydrogens (tertiary/aromatic N) is 1. The third kappa shape index (κ3) is 4.77. The number of anilines is 1. The number of carbonyl (C=O) groups excluding carboxylic acids is 2. The second kappa shape index (κ2) is 8.56. The van der Waals surface area contributed by atoms with E-state index in [2.05, 4.69) is 22.4 Å². The Hall–Kier alpha value is -2.05. The van der Waals surface area contributed by atoms with Crippen molar-refractivity contribution in [2.75, 3.05) is 11.1 Å². The van der Waals surface area contributed by atoms with Crippen LogP contribution in [0.4, 0.5) is 5.69 Å². The highest BCUT2D eigenvalue weighted by molar-refractivity contribution is 8.00. The molecule has 1 N–H and O–H groups in total. The van der Waals surface area contributed by atoms with Crippen molar-refractivity contribution in [1.29, 1.82) is 0 Å². The van der Waals surface area contributed by atoms with Crippen LogP contribution in [-0.4, -0.2) is 28.7 Å². The van der Waals surface area contributed by atoms with Gasteiger partial charge in [-0.3, -0.25) is 9.59 Å². The van der Waals surface area contributed by atoms with Gasteiger partial charge in [-0.25, -0.2) is 4.98 Å². The molecule has 0 saturated heterocycles. The van der Waals surface area contributed by atoms with Gasteiger partial charge in [0.25, 0.3) is 5.91 Å². The van der Waals surface area contributed by atoms with Crippen molar-refractivity contribution in [1.82, 2.24) is 4.98 Å². The first kappa shape index (κ1) is 18.7. The molecular weight excluding hydrogens is 372 g/mol. The van der Waals surface area contributed by atoms with Crippen molar-refractivity contribution >= 4 is 40.9 Å². The Balaban J connectivity index is 1.48. The number of nitrogens with one attached hydrogen (secondary N) is 1. The molecule has 5 nitrogen and oxygen atoms in total. The number of pyridine rings is 1. The Kier molecular flexibility index (Phi) is 6.16. The average Bonchev–Trinajstić information content (AvgIpc) is 3.09. The van der Waals surface area contributed by atoms with Crippen molar-refractivity contribution < 1.29 is 14.3 Å². The third-order valence-corrected chi connectivity index (χ3v) is 5.39. The number of aromatic nitrogens is 1. The van der Waals surface area contributed by atoms with Crippen LogP contribution in [0.3, 0.4) is 0 Å². The van der Waals surface area contributed by atoms with E-state index in [-0.39, 0.29) is 10.9 Å². The van der Waals surface area contributed by atoms with Crippen LogP contribution in [0.2, 0.25) is 5.15 Å². The maximum atomic E-state index is 12.1. The molecule has 0 spiro atoms. The number of aryl methyl sites for hydroxylation is 2. The number of hydrogen-bond acceptors (Lipinski definition) is 5. The first-order valence-corrected chi connectivity index (χ1v) is 9.75. The lowest BCUT2D eigenvalue weighted by Crippen LogP contribution is -2.30. The highest BCUT2D eigenvalue weighted by Gasteiger charge is 2.19. The Morgan fingerprint density at radius 1 is 1.31 bits per heavy atom. The molecule has 136 valence electrons. The van der Waals surface area contributed by atoms with E-state index in [9.17, 15) is 9.59 Å². The molecule has 0 aliphatic heterocycles. The molecule has 7 heteroatoms. The van der Waals surface area contributed by atoms with Gasteiger partial charge in [-0.05, 0) is 61.6 Å². The summed E-state index contributed by atoms with van der Waals surface area (Å²) in [5.41, 5.74) is 3.15. The first-order valence-electron chi connectivity index (χ1n) is 8.38. The van der Waals surface area contributed by atoms with Gasteiger partial charge in [0.05, 0.1) is 11.4 Å². The summed E-state index contributed by atoms with van der Waals surface area (Å²) in [5, 5.41) is 2.79. The van der Waals surface area contributed by atoms with Crippen LogP contribution < -0.4 is 5.32 Å². The summed E-state index contributed by atoms with van der Waals surface area (Å²) in [5.74, 6) is -0.726. The molecule has 1 amide bonds. The number of benzene rings is 1. The van der Waals surface area contributed by atoms with Crippen LogP contribution in [0.5, 0.6) is 0 Å². The molecule has 0 fully saturated rings. The van der Waals surface area contributed by atoms with E-state index in [1.54, 1.807) is 12.1 Å². The molecule has 26 heavy (non-hydrogen) atoms. The average molecular weight is 391 g/mol. The van der Waals surface area contributed by atoms with E-state index in [0.29, 0.717) is 5.69 Å². The van der Waals surface area contributed by atoms with Crippen LogP contribution >= 0.6 is 23.4 Å². The smallest absolute Gasteiger partial charge is 0.317 e. The van der Waals surface area contributed by atoms with Crippen molar-refractivity contribution in [3.63, 3.8) is 0 Å². The summed E-state index contributed by atoms with van der Waals surface area (Å²) >= 11 is 7.32. The summed E-state index contributed by atoms with van der Waals surface area (Å²) in [6.45, 7) is 1.53. The van der Waals surface area contributed by atoms with E-state index in [1.807, 2.05) is 6.07 Å². The maximum absolute atomic E-state index is 12.1. The number of rotatable bonds is 6. The van der Waals surface area contributed by atoms with Crippen molar-refractivity contribution in [3.05, 3.63) is 52.8 Å². The topological polar surface area (TPSA) is 68.3 Å². The Labute approximate surface area is 161 Å². The van der Waals surface area contributed by atoms with Crippen molar-refractivity contribution in [2.24, 2.45) is 0 Å². The second-order valence-electron chi connectivity index (χ2n) is 6.04. The quantitative estimate of drug-likeness (QED) is 0.460. The molecule has 1 atom stereocenters. The van der Waals surface area contributed by atoms with Gasteiger partial charge in [0.1, 0.15) is 0 Å². The van der Waals surface area contributed by atoms with Gasteiger partial charge in [0.2, 0.25) is 0 Å². The van der Waals surface area contributed by atoms with Crippen LogP contribution in [0.1, 0.15) is 24.5 Å². The lowest BCUT2D eigenvalue weighted by Gasteiger charge is -2.14. The van der Waals surface area contributed by atoms with Crippen molar-refractivity contribution in [2.45, 2.75) is 37.2 Å². The molecule has 1 heterocycles. The normalized spacial score (nSPS) is 13.8. The monoisotopic (exact) mass is 390 g/mol. The fourth-order valence-corrected chi connectivity index (χ4v) is 3.69. The Bertz CT molecular complexity index is 828. The number of hydrogen-bond donors (Lipinski definition) is 1. The Morgan fingerprint density at radius 3 is 2.92 bits per heavy atom. The van der Waals surface area contributed by atoms with Gasteiger partial charge in [-0.2, -0.15) is 0 Å². The van der Waals surface area contributed by atoms with Crippen LogP contribution in [0, 0.1) is 0 Å². The van der Waals surface area contributed by atoms with Crippen LogP contribution in [-0.2, 0) is 27.2 Å². The molecule has 3 rings (SSSR count). The maximum Gasteiger partial charge on any atom is 0.317 e. The van der Waals surface area contributed by atoms with Gasteiger partial charge in [0, 0.05) is 11.1 Å².